The molecule has 1 amide bonds. The molecule has 4 aliphatic rings. The normalized spacial score (nSPS) is 25.5. The summed E-state index contributed by atoms with van der Waals surface area (Å²) in [5, 5.41) is 11.6. The zero-order valence-electron chi connectivity index (χ0n) is 30.0. The van der Waals surface area contributed by atoms with Gasteiger partial charge in [-0.2, -0.15) is 9.97 Å². The second-order valence-electron chi connectivity index (χ2n) is 14.8. The number of alkyl halides is 1. The van der Waals surface area contributed by atoms with Crippen LogP contribution in [0.4, 0.5) is 23.8 Å². The van der Waals surface area contributed by atoms with Crippen LogP contribution in [0.5, 0.6) is 11.8 Å². The molecule has 4 saturated heterocycles. The number of hydrogen-bond donors (Lipinski definition) is 1. The topological polar surface area (TPSA) is 123 Å². The molecule has 4 aliphatic heterocycles. The van der Waals surface area contributed by atoms with Gasteiger partial charge in [-0.25, -0.2) is 18.0 Å². The summed E-state index contributed by atoms with van der Waals surface area (Å²) in [6, 6.07) is 5.94. The number of halogens is 3. The Morgan fingerprint density at radius 1 is 1.06 bits per heavy atom. The number of fused-ring (bicyclic) bond motifs is 5. The van der Waals surface area contributed by atoms with Gasteiger partial charge in [0, 0.05) is 52.0 Å². The van der Waals surface area contributed by atoms with Crippen LogP contribution in [-0.2, 0) is 15.9 Å². The summed E-state index contributed by atoms with van der Waals surface area (Å²) in [5.74, 6) is -0.457. The van der Waals surface area contributed by atoms with E-state index in [1.165, 1.54) is 24.3 Å². The van der Waals surface area contributed by atoms with Gasteiger partial charge in [0.05, 0.1) is 29.1 Å². The maximum Gasteiger partial charge on any atom is 0.408 e. The van der Waals surface area contributed by atoms with Gasteiger partial charge < -0.3 is 29.0 Å². The van der Waals surface area contributed by atoms with E-state index in [9.17, 15) is 14.3 Å². The van der Waals surface area contributed by atoms with Gasteiger partial charge in [0.25, 0.3) is 0 Å². The maximum absolute atomic E-state index is 17.3. The quantitative estimate of drug-likeness (QED) is 0.183. The lowest BCUT2D eigenvalue weighted by Crippen LogP contribution is -2.65. The summed E-state index contributed by atoms with van der Waals surface area (Å²) >= 11 is 0. The zero-order valence-corrected chi connectivity index (χ0v) is 30.0. The number of methoxy groups -OCH3 is 2. The highest BCUT2D eigenvalue weighted by Crippen LogP contribution is 2.45. The lowest BCUT2D eigenvalue weighted by atomic mass is 9.94. The summed E-state index contributed by atoms with van der Waals surface area (Å²) in [4.78, 5) is 32.1. The first-order chi connectivity index (χ1) is 25.6. The fourth-order valence-corrected chi connectivity index (χ4v) is 9.44. The minimum Gasteiger partial charge on any atom is -0.468 e. The zero-order chi connectivity index (χ0) is 37.1. The van der Waals surface area contributed by atoms with Gasteiger partial charge in [0.2, 0.25) is 0 Å². The molecule has 0 unspecified atom stereocenters. The number of pyridine rings is 1. The van der Waals surface area contributed by atoms with Crippen LogP contribution in [-0.4, -0.2) is 120 Å². The first kappa shape index (κ1) is 35.6. The first-order valence-corrected chi connectivity index (χ1v) is 18.1. The fourth-order valence-electron chi connectivity index (χ4n) is 9.44. The van der Waals surface area contributed by atoms with Crippen LogP contribution in [0.15, 0.2) is 30.5 Å². The molecule has 0 radical (unpaired) electrons. The van der Waals surface area contributed by atoms with E-state index in [4.69, 9.17) is 23.9 Å². The number of benzene rings is 2. The average molecular weight is 737 g/mol. The van der Waals surface area contributed by atoms with Crippen LogP contribution in [0.2, 0.25) is 0 Å². The van der Waals surface area contributed by atoms with Crippen molar-refractivity contribution in [3.05, 3.63) is 47.7 Å². The van der Waals surface area contributed by atoms with E-state index in [1.807, 2.05) is 11.8 Å². The lowest BCUT2D eigenvalue weighted by Gasteiger charge is -2.47. The van der Waals surface area contributed by atoms with Crippen molar-refractivity contribution in [2.75, 3.05) is 65.3 Å². The SMILES string of the molecule is CCc1c(F)ccc2cc(OCOC)cc(-c3ncc4c(N5C[C@@H]6CC[C@](COC)(C5)N6C(=O)O)nc(OC[C@@]56CCCN5C[C@H](F)C6)nc4c3F)c12. The number of rotatable bonds is 11. The van der Waals surface area contributed by atoms with E-state index in [-0.39, 0.29) is 49.8 Å². The molecule has 8 rings (SSSR count). The number of aryl methyl sites for hydroxylation is 1. The second kappa shape index (κ2) is 13.7. The molecule has 12 nitrogen and oxygen atoms in total. The van der Waals surface area contributed by atoms with Crippen LogP contribution < -0.4 is 14.4 Å². The van der Waals surface area contributed by atoms with E-state index in [0.29, 0.717) is 77.6 Å². The number of amides is 1. The smallest absolute Gasteiger partial charge is 0.408 e. The van der Waals surface area contributed by atoms with Gasteiger partial charge in [-0.1, -0.05) is 13.0 Å². The second-order valence-corrected chi connectivity index (χ2v) is 14.8. The van der Waals surface area contributed by atoms with Crippen molar-refractivity contribution < 1.29 is 42.0 Å². The highest BCUT2D eigenvalue weighted by atomic mass is 19.1. The van der Waals surface area contributed by atoms with Crippen molar-refractivity contribution in [1.29, 1.82) is 0 Å². The summed E-state index contributed by atoms with van der Waals surface area (Å²) in [6.07, 6.45) is 3.09. The number of carbonyl (C=O) groups is 1. The number of hydrogen-bond acceptors (Lipinski definition) is 10. The minimum absolute atomic E-state index is 0.0551. The first-order valence-electron chi connectivity index (χ1n) is 18.1. The Balaban J connectivity index is 1.28. The lowest BCUT2D eigenvalue weighted by molar-refractivity contribution is 0.0178. The Kier molecular flexibility index (Phi) is 9.22. The highest BCUT2D eigenvalue weighted by Gasteiger charge is 2.54. The van der Waals surface area contributed by atoms with Gasteiger partial charge in [-0.15, -0.1) is 0 Å². The molecule has 53 heavy (non-hydrogen) atoms. The predicted molar refractivity (Wildman–Crippen MR) is 190 cm³/mol. The molecule has 6 heterocycles. The number of carboxylic acid groups (broad SMARTS) is 1. The van der Waals surface area contributed by atoms with Crippen molar-refractivity contribution in [3.63, 3.8) is 0 Å². The number of aromatic nitrogens is 3. The van der Waals surface area contributed by atoms with E-state index in [0.717, 1.165) is 19.4 Å². The highest BCUT2D eigenvalue weighted by molar-refractivity contribution is 6.02. The third-order valence-corrected chi connectivity index (χ3v) is 11.6. The largest absolute Gasteiger partial charge is 0.468 e. The Bertz CT molecular complexity index is 2070. The van der Waals surface area contributed by atoms with Gasteiger partial charge in [-0.05, 0) is 73.2 Å². The van der Waals surface area contributed by atoms with Crippen molar-refractivity contribution in [2.45, 2.75) is 68.7 Å². The molecule has 2 aromatic carbocycles. The van der Waals surface area contributed by atoms with Gasteiger partial charge in [-0.3, -0.25) is 14.8 Å². The number of anilines is 1. The molecular weight excluding hydrogens is 693 g/mol. The average Bonchev–Trinajstić information content (AvgIpc) is 3.75. The molecular formula is C38H43F3N6O6. The standard InChI is InChI=1S/C38H43F3N6O6/c1-4-26-29(40)7-6-22-12-25(53-21-51-3)13-27(30(22)26)32-31(41)33-28(15-42-32)34(45-17-24-8-10-38(18-45,19-50-2)47(24)36(48)49)44-35(43-33)52-20-37-9-5-11-46(37)16-23(39)14-37/h6-7,12-13,15,23-24H,4-5,8-11,14,16-21H2,1-3H3,(H,48,49)/t23-,24+,37+,38-/m1/s1. The maximum atomic E-state index is 17.3. The Labute approximate surface area is 304 Å². The molecule has 15 heteroatoms. The van der Waals surface area contributed by atoms with Crippen LogP contribution in [0.25, 0.3) is 32.9 Å². The van der Waals surface area contributed by atoms with Crippen LogP contribution in [0, 0.1) is 11.6 Å². The summed E-state index contributed by atoms with van der Waals surface area (Å²) in [6.45, 7) is 3.73. The minimum atomic E-state index is -1.02. The van der Waals surface area contributed by atoms with Crippen LogP contribution in [0.3, 0.4) is 0 Å². The monoisotopic (exact) mass is 736 g/mol. The molecule has 4 atom stereocenters. The Morgan fingerprint density at radius 2 is 1.91 bits per heavy atom. The molecule has 0 aliphatic carbocycles. The van der Waals surface area contributed by atoms with Crippen LogP contribution in [0.1, 0.15) is 44.6 Å². The third-order valence-electron chi connectivity index (χ3n) is 11.6. The molecule has 2 aromatic heterocycles. The number of ether oxygens (including phenoxy) is 4. The number of piperazine rings is 1. The van der Waals surface area contributed by atoms with Crippen molar-refractivity contribution in [3.8, 4) is 23.0 Å². The van der Waals surface area contributed by atoms with Crippen molar-refractivity contribution in [2.24, 2.45) is 0 Å². The molecule has 4 aromatic rings. The summed E-state index contributed by atoms with van der Waals surface area (Å²) in [5.41, 5.74) is -0.757. The molecule has 4 fully saturated rings. The van der Waals surface area contributed by atoms with Crippen LogP contribution >= 0.6 is 0 Å². The van der Waals surface area contributed by atoms with E-state index < -0.39 is 35.0 Å². The number of nitrogens with zero attached hydrogens (tertiary/aromatic N) is 6. The molecule has 0 spiro atoms. The fraction of sp³-hybridized carbons (Fsp3) is 0.526. The van der Waals surface area contributed by atoms with E-state index in [2.05, 4.69) is 14.9 Å². The van der Waals surface area contributed by atoms with E-state index in [1.54, 1.807) is 25.3 Å². The molecule has 0 saturated carbocycles. The predicted octanol–water partition coefficient (Wildman–Crippen LogP) is 5.97. The van der Waals surface area contributed by atoms with Gasteiger partial charge >= 0.3 is 12.1 Å². The molecule has 282 valence electrons. The third kappa shape index (κ3) is 5.96. The van der Waals surface area contributed by atoms with E-state index >= 15 is 8.78 Å². The summed E-state index contributed by atoms with van der Waals surface area (Å²) < 4.78 is 70.0. The van der Waals surface area contributed by atoms with Crippen molar-refractivity contribution >= 4 is 33.6 Å². The van der Waals surface area contributed by atoms with Gasteiger partial charge in [0.1, 0.15) is 41.4 Å². The Hall–Kier alpha value is -4.47. The molecule has 2 bridgehead atoms. The van der Waals surface area contributed by atoms with Crippen molar-refractivity contribution in [1.82, 2.24) is 24.8 Å². The van der Waals surface area contributed by atoms with Gasteiger partial charge in [0.15, 0.2) is 12.6 Å². The molecule has 1 N–H and O–H groups in total. The Morgan fingerprint density at radius 3 is 2.68 bits per heavy atom. The summed E-state index contributed by atoms with van der Waals surface area (Å²) in [7, 11) is 3.03.